The highest BCUT2D eigenvalue weighted by Crippen LogP contribution is 2.28. The predicted molar refractivity (Wildman–Crippen MR) is 85.9 cm³/mol. The summed E-state index contributed by atoms with van der Waals surface area (Å²) in [6, 6.07) is 7.92. The topological polar surface area (TPSA) is 29.1 Å². The Morgan fingerprint density at radius 3 is 2.65 bits per heavy atom. The van der Waals surface area contributed by atoms with Gasteiger partial charge in [-0.3, -0.25) is 4.79 Å². The molecule has 104 valence electrons. The van der Waals surface area contributed by atoms with E-state index >= 15 is 0 Å². The van der Waals surface area contributed by atoms with Crippen LogP contribution in [0.1, 0.15) is 15.9 Å². The number of amides is 1. The van der Waals surface area contributed by atoms with Gasteiger partial charge in [0.2, 0.25) is 0 Å². The highest BCUT2D eigenvalue weighted by atomic mass is 79.9. The van der Waals surface area contributed by atoms with Gasteiger partial charge in [0.15, 0.2) is 0 Å². The van der Waals surface area contributed by atoms with Gasteiger partial charge in [0.05, 0.1) is 15.1 Å². The molecular weight excluding hydrogens is 412 g/mol. The molecule has 2 nitrogen and oxygen atoms in total. The molecule has 0 unspecified atom stereocenters. The molecular formula is C14H9Br2ClFNO. The van der Waals surface area contributed by atoms with Gasteiger partial charge in [-0.15, -0.1) is 0 Å². The number of carbonyl (C=O) groups excluding carboxylic acids is 1. The van der Waals surface area contributed by atoms with Crippen molar-refractivity contribution in [1.29, 1.82) is 0 Å². The second-order valence-electron chi connectivity index (χ2n) is 4.14. The van der Waals surface area contributed by atoms with E-state index in [-0.39, 0.29) is 5.91 Å². The fourth-order valence-electron chi connectivity index (χ4n) is 1.65. The van der Waals surface area contributed by atoms with Crippen molar-refractivity contribution in [3.05, 3.63) is 61.2 Å². The molecule has 0 saturated heterocycles. The Bertz CT molecular complexity index is 691. The molecule has 6 heteroatoms. The number of rotatable bonds is 2. The predicted octanol–water partition coefficient (Wildman–Crippen LogP) is 5.56. The maximum absolute atomic E-state index is 13.5. The summed E-state index contributed by atoms with van der Waals surface area (Å²) in [7, 11) is 0. The second-order valence-corrected chi connectivity index (χ2v) is 6.22. The van der Waals surface area contributed by atoms with Crippen molar-refractivity contribution in [3.8, 4) is 0 Å². The zero-order valence-corrected chi connectivity index (χ0v) is 14.2. The first-order valence-electron chi connectivity index (χ1n) is 5.61. The maximum atomic E-state index is 13.5. The van der Waals surface area contributed by atoms with Crippen molar-refractivity contribution in [1.82, 2.24) is 0 Å². The Balaban J connectivity index is 2.33. The number of aryl methyl sites for hydroxylation is 1. The summed E-state index contributed by atoms with van der Waals surface area (Å²) < 4.78 is 14.5. The quantitative estimate of drug-likeness (QED) is 0.675. The molecule has 0 aliphatic carbocycles. The second kappa shape index (κ2) is 6.24. The summed E-state index contributed by atoms with van der Waals surface area (Å²) in [6.45, 7) is 1.78. The molecule has 1 N–H and O–H groups in total. The van der Waals surface area contributed by atoms with E-state index in [0.29, 0.717) is 25.2 Å². The summed E-state index contributed by atoms with van der Waals surface area (Å²) >= 11 is 12.4. The molecule has 0 heterocycles. The molecule has 2 rings (SSSR count). The third-order valence-corrected chi connectivity index (χ3v) is 4.62. The van der Waals surface area contributed by atoms with Crippen molar-refractivity contribution in [2.45, 2.75) is 6.92 Å². The van der Waals surface area contributed by atoms with Gasteiger partial charge in [0.25, 0.3) is 5.91 Å². The molecule has 0 saturated carbocycles. The van der Waals surface area contributed by atoms with Gasteiger partial charge in [-0.25, -0.2) is 4.39 Å². The monoisotopic (exact) mass is 419 g/mol. The summed E-state index contributed by atoms with van der Waals surface area (Å²) in [5, 5.41) is 2.98. The lowest BCUT2D eigenvalue weighted by Gasteiger charge is -2.11. The number of nitrogens with one attached hydrogen (secondary N) is 1. The van der Waals surface area contributed by atoms with Crippen molar-refractivity contribution < 1.29 is 9.18 Å². The minimum Gasteiger partial charge on any atom is -0.322 e. The minimum absolute atomic E-state index is 0.320. The van der Waals surface area contributed by atoms with Gasteiger partial charge in [0, 0.05) is 10.2 Å². The van der Waals surface area contributed by atoms with Gasteiger partial charge in [-0.1, -0.05) is 17.7 Å². The molecule has 0 atom stereocenters. The first kappa shape index (κ1) is 15.5. The number of hydrogen-bond acceptors (Lipinski definition) is 1. The van der Waals surface area contributed by atoms with Crippen LogP contribution in [0.2, 0.25) is 5.02 Å². The number of carbonyl (C=O) groups is 1. The normalized spacial score (nSPS) is 10.4. The Morgan fingerprint density at radius 2 is 1.95 bits per heavy atom. The van der Waals surface area contributed by atoms with Crippen LogP contribution >= 0.6 is 43.5 Å². The van der Waals surface area contributed by atoms with Gasteiger partial charge in [-0.05, 0) is 68.6 Å². The Kier molecular flexibility index (Phi) is 4.83. The maximum Gasteiger partial charge on any atom is 0.257 e. The Hall–Kier alpha value is -0.910. The van der Waals surface area contributed by atoms with Crippen LogP contribution < -0.4 is 5.32 Å². The molecule has 2 aromatic carbocycles. The number of benzene rings is 2. The van der Waals surface area contributed by atoms with E-state index in [1.54, 1.807) is 31.2 Å². The van der Waals surface area contributed by atoms with E-state index < -0.39 is 5.82 Å². The molecule has 2 aromatic rings. The largest absolute Gasteiger partial charge is 0.322 e. The van der Waals surface area contributed by atoms with Gasteiger partial charge in [0.1, 0.15) is 5.82 Å². The third kappa shape index (κ3) is 3.22. The number of halogens is 4. The summed E-state index contributed by atoms with van der Waals surface area (Å²) in [5.41, 5.74) is 1.48. The highest BCUT2D eigenvalue weighted by molar-refractivity contribution is 9.10. The van der Waals surface area contributed by atoms with Crippen LogP contribution in [-0.4, -0.2) is 5.91 Å². The molecule has 0 spiro atoms. The molecule has 20 heavy (non-hydrogen) atoms. The first-order valence-corrected chi connectivity index (χ1v) is 7.57. The van der Waals surface area contributed by atoms with E-state index in [2.05, 4.69) is 37.2 Å². The minimum atomic E-state index is -0.439. The Morgan fingerprint density at radius 1 is 1.25 bits per heavy atom. The highest BCUT2D eigenvalue weighted by Gasteiger charge is 2.14. The van der Waals surface area contributed by atoms with Crippen molar-refractivity contribution in [2.24, 2.45) is 0 Å². The first-order chi connectivity index (χ1) is 9.40. The molecule has 0 aliphatic heterocycles. The van der Waals surface area contributed by atoms with Crippen LogP contribution in [0, 0.1) is 12.7 Å². The Labute approximate surface area is 137 Å². The van der Waals surface area contributed by atoms with Crippen molar-refractivity contribution in [3.63, 3.8) is 0 Å². The van der Waals surface area contributed by atoms with Gasteiger partial charge >= 0.3 is 0 Å². The molecule has 0 fully saturated rings. The SMILES string of the molecule is Cc1cc(Br)c(F)cc1NC(=O)c1cccc(Br)c1Cl. The van der Waals surface area contributed by atoms with E-state index in [9.17, 15) is 9.18 Å². The lowest BCUT2D eigenvalue weighted by Crippen LogP contribution is -2.13. The molecule has 1 amide bonds. The van der Waals surface area contributed by atoms with E-state index in [0.717, 1.165) is 5.56 Å². The van der Waals surface area contributed by atoms with E-state index in [1.807, 2.05) is 0 Å². The molecule has 0 radical (unpaired) electrons. The van der Waals surface area contributed by atoms with Crippen LogP contribution in [0.3, 0.4) is 0 Å². The van der Waals surface area contributed by atoms with Crippen molar-refractivity contribution in [2.75, 3.05) is 5.32 Å². The smallest absolute Gasteiger partial charge is 0.257 e. The van der Waals surface area contributed by atoms with Crippen LogP contribution in [0.15, 0.2) is 39.3 Å². The van der Waals surface area contributed by atoms with Gasteiger partial charge < -0.3 is 5.32 Å². The van der Waals surface area contributed by atoms with Crippen LogP contribution in [0.4, 0.5) is 10.1 Å². The van der Waals surface area contributed by atoms with E-state index in [1.165, 1.54) is 6.07 Å². The third-order valence-electron chi connectivity index (χ3n) is 2.71. The average Bonchev–Trinajstić information content (AvgIpc) is 2.39. The van der Waals surface area contributed by atoms with Crippen LogP contribution in [0.25, 0.3) is 0 Å². The molecule has 0 bridgehead atoms. The van der Waals surface area contributed by atoms with E-state index in [4.69, 9.17) is 11.6 Å². The fourth-order valence-corrected chi connectivity index (χ4v) is 2.69. The lowest BCUT2D eigenvalue weighted by molar-refractivity contribution is 0.102. The lowest BCUT2D eigenvalue weighted by atomic mass is 10.1. The standard InChI is InChI=1S/C14H9Br2ClFNO/c1-7-5-10(16)11(18)6-12(7)19-14(20)8-3-2-4-9(15)13(8)17/h2-6H,1H3,(H,19,20). The fraction of sp³-hybridized carbons (Fsp3) is 0.0714. The van der Waals surface area contributed by atoms with Gasteiger partial charge in [-0.2, -0.15) is 0 Å². The average molecular weight is 421 g/mol. The molecule has 0 aromatic heterocycles. The zero-order valence-electron chi connectivity index (χ0n) is 10.3. The van der Waals surface area contributed by atoms with Crippen molar-refractivity contribution >= 4 is 55.1 Å². The number of anilines is 1. The summed E-state index contributed by atoms with van der Waals surface area (Å²) in [5.74, 6) is -0.827. The zero-order chi connectivity index (χ0) is 14.9. The summed E-state index contributed by atoms with van der Waals surface area (Å²) in [4.78, 5) is 12.2. The summed E-state index contributed by atoms with van der Waals surface area (Å²) in [6.07, 6.45) is 0. The number of hydrogen-bond donors (Lipinski definition) is 1. The van der Waals surface area contributed by atoms with Crippen LogP contribution in [0.5, 0.6) is 0 Å². The van der Waals surface area contributed by atoms with Crippen LogP contribution in [-0.2, 0) is 0 Å². The molecule has 0 aliphatic rings.